The highest BCUT2D eigenvalue weighted by molar-refractivity contribution is 9.10. The summed E-state index contributed by atoms with van der Waals surface area (Å²) in [4.78, 5) is 16.5. The van der Waals surface area contributed by atoms with Gasteiger partial charge in [-0.2, -0.15) is 0 Å². The van der Waals surface area contributed by atoms with Gasteiger partial charge in [-0.3, -0.25) is 4.79 Å². The summed E-state index contributed by atoms with van der Waals surface area (Å²) < 4.78 is 1.82. The molecule has 0 unspecified atom stereocenters. The van der Waals surface area contributed by atoms with Crippen molar-refractivity contribution in [3.05, 3.63) is 39.3 Å². The third-order valence-electron chi connectivity index (χ3n) is 2.63. The van der Waals surface area contributed by atoms with Crippen molar-refractivity contribution in [2.45, 2.75) is 30.4 Å². The number of carbonyl (C=O) groups is 1. The topological polar surface area (TPSA) is 42.0 Å². The van der Waals surface area contributed by atoms with E-state index in [1.807, 2.05) is 44.4 Å². The lowest BCUT2D eigenvalue weighted by Gasteiger charge is -2.12. The standard InChI is InChI=1S/C14H15BrN2OS2/c1-8-4-5-12(11(15)6-8)17-13(18)10(3)20-14-16-9(2)7-19-14/h4-7,10H,1-3H3,(H,17,18)/t10-/m1/s1. The van der Waals surface area contributed by atoms with E-state index in [2.05, 4.69) is 26.2 Å². The van der Waals surface area contributed by atoms with Crippen LogP contribution in [0.5, 0.6) is 0 Å². The number of benzene rings is 1. The number of nitrogens with zero attached hydrogens (tertiary/aromatic N) is 1. The molecule has 1 atom stereocenters. The molecule has 2 rings (SSSR count). The first-order valence-corrected chi connectivity index (χ1v) is 8.67. The Kier molecular flexibility index (Phi) is 5.23. The number of thioether (sulfide) groups is 1. The second-order valence-electron chi connectivity index (χ2n) is 4.49. The normalized spacial score (nSPS) is 12.2. The van der Waals surface area contributed by atoms with Crippen molar-refractivity contribution < 1.29 is 4.79 Å². The van der Waals surface area contributed by atoms with Crippen molar-refractivity contribution in [3.8, 4) is 0 Å². The summed E-state index contributed by atoms with van der Waals surface area (Å²) in [7, 11) is 0. The molecule has 0 aliphatic rings. The molecule has 2 aromatic rings. The number of carbonyl (C=O) groups excluding carboxylic acids is 1. The predicted molar refractivity (Wildman–Crippen MR) is 89.7 cm³/mol. The van der Waals surface area contributed by atoms with Crippen LogP contribution in [-0.2, 0) is 4.79 Å². The Morgan fingerprint density at radius 2 is 2.20 bits per heavy atom. The largest absolute Gasteiger partial charge is 0.324 e. The molecule has 6 heteroatoms. The Morgan fingerprint density at radius 3 is 2.80 bits per heavy atom. The number of nitrogens with one attached hydrogen (secondary N) is 1. The lowest BCUT2D eigenvalue weighted by atomic mass is 10.2. The van der Waals surface area contributed by atoms with Crippen LogP contribution in [0.15, 0.2) is 32.4 Å². The zero-order valence-electron chi connectivity index (χ0n) is 11.4. The number of amides is 1. The Hall–Kier alpha value is -0.850. The van der Waals surface area contributed by atoms with Crippen LogP contribution in [-0.4, -0.2) is 16.1 Å². The fourth-order valence-electron chi connectivity index (χ4n) is 1.55. The maximum Gasteiger partial charge on any atom is 0.237 e. The molecule has 0 bridgehead atoms. The molecule has 3 nitrogen and oxygen atoms in total. The molecule has 0 spiro atoms. The fraction of sp³-hybridized carbons (Fsp3) is 0.286. The first-order valence-electron chi connectivity index (χ1n) is 6.11. The van der Waals surface area contributed by atoms with E-state index in [-0.39, 0.29) is 11.2 Å². The van der Waals surface area contributed by atoms with Crippen LogP contribution in [0.1, 0.15) is 18.2 Å². The molecule has 1 amide bonds. The first-order chi connectivity index (χ1) is 9.45. The molecule has 1 N–H and O–H groups in total. The molecular formula is C14H15BrN2OS2. The highest BCUT2D eigenvalue weighted by atomic mass is 79.9. The van der Waals surface area contributed by atoms with E-state index in [0.29, 0.717) is 0 Å². The molecule has 106 valence electrons. The monoisotopic (exact) mass is 370 g/mol. The van der Waals surface area contributed by atoms with Crippen molar-refractivity contribution in [2.24, 2.45) is 0 Å². The summed E-state index contributed by atoms with van der Waals surface area (Å²) in [5.41, 5.74) is 2.94. The zero-order valence-corrected chi connectivity index (χ0v) is 14.7. The number of halogens is 1. The van der Waals surface area contributed by atoms with Gasteiger partial charge in [0.2, 0.25) is 5.91 Å². The second-order valence-corrected chi connectivity index (χ2v) is 7.79. The minimum atomic E-state index is -0.186. The average molecular weight is 371 g/mol. The molecule has 0 fully saturated rings. The summed E-state index contributed by atoms with van der Waals surface area (Å²) in [6, 6.07) is 5.86. The fourth-order valence-corrected chi connectivity index (χ4v) is 4.12. The maximum absolute atomic E-state index is 12.2. The molecule has 0 aliphatic heterocycles. The van der Waals surface area contributed by atoms with E-state index in [1.54, 1.807) is 11.3 Å². The van der Waals surface area contributed by atoms with Gasteiger partial charge in [0, 0.05) is 15.5 Å². The van der Waals surface area contributed by atoms with Crippen LogP contribution in [0, 0.1) is 13.8 Å². The van der Waals surface area contributed by atoms with Crippen LogP contribution >= 0.6 is 39.0 Å². The van der Waals surface area contributed by atoms with Crippen LogP contribution in [0.2, 0.25) is 0 Å². The molecule has 1 aromatic heterocycles. The first kappa shape index (κ1) is 15.5. The van der Waals surface area contributed by atoms with E-state index in [0.717, 1.165) is 25.8 Å². The van der Waals surface area contributed by atoms with E-state index < -0.39 is 0 Å². The number of aryl methyl sites for hydroxylation is 2. The number of thiazole rings is 1. The van der Waals surface area contributed by atoms with Gasteiger partial charge in [0.1, 0.15) is 0 Å². The molecule has 0 saturated carbocycles. The highest BCUT2D eigenvalue weighted by Crippen LogP contribution is 2.28. The highest BCUT2D eigenvalue weighted by Gasteiger charge is 2.17. The molecule has 1 heterocycles. The number of hydrogen-bond acceptors (Lipinski definition) is 4. The Balaban J connectivity index is 2.00. The second kappa shape index (κ2) is 6.74. The predicted octanol–water partition coefficient (Wildman–Crippen LogP) is 4.64. The molecule has 0 aliphatic carbocycles. The van der Waals surface area contributed by atoms with E-state index in [4.69, 9.17) is 0 Å². The van der Waals surface area contributed by atoms with Crippen LogP contribution in [0.4, 0.5) is 5.69 Å². The number of rotatable bonds is 4. The Labute approximate surface area is 135 Å². The summed E-state index contributed by atoms with van der Waals surface area (Å²) in [5.74, 6) is -0.0209. The zero-order chi connectivity index (χ0) is 14.7. The molecule has 0 saturated heterocycles. The number of aromatic nitrogens is 1. The van der Waals surface area contributed by atoms with Gasteiger partial charge in [-0.1, -0.05) is 17.8 Å². The van der Waals surface area contributed by atoms with Gasteiger partial charge in [-0.15, -0.1) is 11.3 Å². The van der Waals surface area contributed by atoms with Gasteiger partial charge in [0.15, 0.2) is 4.34 Å². The minimum absolute atomic E-state index is 0.0209. The van der Waals surface area contributed by atoms with Crippen LogP contribution in [0.3, 0.4) is 0 Å². The van der Waals surface area contributed by atoms with Crippen LogP contribution < -0.4 is 5.32 Å². The van der Waals surface area contributed by atoms with E-state index in [9.17, 15) is 4.79 Å². The maximum atomic E-state index is 12.2. The van der Waals surface area contributed by atoms with Crippen molar-refractivity contribution >= 4 is 50.6 Å². The Bertz CT molecular complexity index is 627. The number of hydrogen-bond donors (Lipinski definition) is 1. The minimum Gasteiger partial charge on any atom is -0.324 e. The molecule has 20 heavy (non-hydrogen) atoms. The summed E-state index contributed by atoms with van der Waals surface area (Å²) in [5, 5.41) is 4.74. The number of anilines is 1. The summed E-state index contributed by atoms with van der Waals surface area (Å²) in [6.07, 6.45) is 0. The van der Waals surface area contributed by atoms with Crippen LogP contribution in [0.25, 0.3) is 0 Å². The van der Waals surface area contributed by atoms with Gasteiger partial charge in [0.05, 0.1) is 10.9 Å². The van der Waals surface area contributed by atoms with Crippen molar-refractivity contribution in [1.29, 1.82) is 0 Å². The molecule has 1 aromatic carbocycles. The summed E-state index contributed by atoms with van der Waals surface area (Å²) in [6.45, 7) is 5.85. The molecule has 0 radical (unpaired) electrons. The SMILES string of the molecule is Cc1ccc(NC(=O)[C@@H](C)Sc2nc(C)cs2)c(Br)c1. The van der Waals surface area contributed by atoms with Gasteiger partial charge in [-0.25, -0.2) is 4.98 Å². The third-order valence-corrected chi connectivity index (χ3v) is 5.47. The van der Waals surface area contributed by atoms with Crippen molar-refractivity contribution in [3.63, 3.8) is 0 Å². The van der Waals surface area contributed by atoms with Gasteiger partial charge in [-0.05, 0) is 54.4 Å². The quantitative estimate of drug-likeness (QED) is 0.796. The summed E-state index contributed by atoms with van der Waals surface area (Å²) >= 11 is 6.51. The van der Waals surface area contributed by atoms with Gasteiger partial charge < -0.3 is 5.32 Å². The molecular weight excluding hydrogens is 356 g/mol. The van der Waals surface area contributed by atoms with E-state index in [1.165, 1.54) is 11.8 Å². The van der Waals surface area contributed by atoms with Crippen molar-refractivity contribution in [1.82, 2.24) is 4.98 Å². The van der Waals surface area contributed by atoms with E-state index >= 15 is 0 Å². The van der Waals surface area contributed by atoms with Gasteiger partial charge in [0.25, 0.3) is 0 Å². The third kappa shape index (κ3) is 4.07. The van der Waals surface area contributed by atoms with Gasteiger partial charge >= 0.3 is 0 Å². The Morgan fingerprint density at radius 1 is 1.45 bits per heavy atom. The van der Waals surface area contributed by atoms with Crippen molar-refractivity contribution in [2.75, 3.05) is 5.32 Å². The smallest absolute Gasteiger partial charge is 0.237 e. The lowest BCUT2D eigenvalue weighted by Crippen LogP contribution is -2.22. The average Bonchev–Trinajstić information content (AvgIpc) is 2.78. The lowest BCUT2D eigenvalue weighted by molar-refractivity contribution is -0.115.